The lowest BCUT2D eigenvalue weighted by molar-refractivity contribution is -0.120. The van der Waals surface area contributed by atoms with Crippen molar-refractivity contribution in [2.24, 2.45) is 0 Å². The van der Waals surface area contributed by atoms with E-state index in [-0.39, 0.29) is 5.91 Å². The van der Waals surface area contributed by atoms with Gasteiger partial charge in [0, 0.05) is 10.1 Å². The Hall–Kier alpha value is -0.620. The molecule has 0 saturated heterocycles. The number of halogens is 1. The van der Waals surface area contributed by atoms with E-state index in [1.165, 1.54) is 0 Å². The predicted molar refractivity (Wildman–Crippen MR) is 67.6 cm³/mol. The zero-order valence-corrected chi connectivity index (χ0v) is 10.7. The quantitative estimate of drug-likeness (QED) is 0.823. The highest BCUT2D eigenvalue weighted by Crippen LogP contribution is 2.07. The number of aliphatic hydroxyl groups is 1. The standard InChI is InChI=1S/C11H14INO2/c1-8(14)7-13-11(15)6-9-2-4-10(12)5-3-9/h2-5,8,14H,6-7H2,1H3,(H,13,15). The smallest absolute Gasteiger partial charge is 0.224 e. The van der Waals surface area contributed by atoms with Crippen molar-refractivity contribution in [1.82, 2.24) is 5.32 Å². The van der Waals surface area contributed by atoms with Gasteiger partial charge in [-0.3, -0.25) is 4.79 Å². The van der Waals surface area contributed by atoms with Crippen molar-refractivity contribution >= 4 is 28.5 Å². The molecule has 2 N–H and O–H groups in total. The van der Waals surface area contributed by atoms with E-state index >= 15 is 0 Å². The number of carbonyl (C=O) groups excluding carboxylic acids is 1. The van der Waals surface area contributed by atoms with E-state index in [0.29, 0.717) is 13.0 Å². The van der Waals surface area contributed by atoms with Crippen LogP contribution in [0.2, 0.25) is 0 Å². The van der Waals surface area contributed by atoms with E-state index in [2.05, 4.69) is 27.9 Å². The molecule has 0 spiro atoms. The number of carbonyl (C=O) groups is 1. The van der Waals surface area contributed by atoms with Gasteiger partial charge in [0.25, 0.3) is 0 Å². The third-order valence-corrected chi connectivity index (χ3v) is 2.59. The van der Waals surface area contributed by atoms with Gasteiger partial charge in [0.05, 0.1) is 12.5 Å². The summed E-state index contributed by atoms with van der Waals surface area (Å²) in [6, 6.07) is 7.81. The van der Waals surface area contributed by atoms with Gasteiger partial charge < -0.3 is 10.4 Å². The number of hydrogen-bond acceptors (Lipinski definition) is 2. The molecule has 0 fully saturated rings. The van der Waals surface area contributed by atoms with Gasteiger partial charge in [-0.1, -0.05) is 12.1 Å². The molecule has 4 heteroatoms. The molecular weight excluding hydrogens is 305 g/mol. The summed E-state index contributed by atoms with van der Waals surface area (Å²) in [5.41, 5.74) is 0.985. The van der Waals surface area contributed by atoms with Crippen LogP contribution in [-0.2, 0) is 11.2 Å². The zero-order valence-electron chi connectivity index (χ0n) is 8.53. The molecule has 1 atom stereocenters. The maximum Gasteiger partial charge on any atom is 0.224 e. The Morgan fingerprint density at radius 3 is 2.60 bits per heavy atom. The van der Waals surface area contributed by atoms with E-state index in [1.807, 2.05) is 24.3 Å². The molecule has 82 valence electrons. The summed E-state index contributed by atoms with van der Waals surface area (Å²) in [6.07, 6.45) is -0.130. The van der Waals surface area contributed by atoms with Crippen molar-refractivity contribution in [3.63, 3.8) is 0 Å². The lowest BCUT2D eigenvalue weighted by Gasteiger charge is -2.06. The molecule has 0 aliphatic carbocycles. The van der Waals surface area contributed by atoms with Crippen LogP contribution >= 0.6 is 22.6 Å². The molecule has 0 heterocycles. The number of benzene rings is 1. The molecule has 0 aliphatic rings. The molecule has 1 rings (SSSR count). The van der Waals surface area contributed by atoms with E-state index < -0.39 is 6.10 Å². The molecule has 1 aromatic rings. The number of aliphatic hydroxyl groups excluding tert-OH is 1. The Labute approximate surface area is 103 Å². The molecule has 0 bridgehead atoms. The van der Waals surface area contributed by atoms with Gasteiger partial charge in [-0.25, -0.2) is 0 Å². The minimum absolute atomic E-state index is 0.0582. The number of hydrogen-bond donors (Lipinski definition) is 2. The highest BCUT2D eigenvalue weighted by Gasteiger charge is 2.04. The van der Waals surface area contributed by atoms with Crippen molar-refractivity contribution in [3.05, 3.63) is 33.4 Å². The predicted octanol–water partition coefficient (Wildman–Crippen LogP) is 1.33. The van der Waals surface area contributed by atoms with E-state index in [4.69, 9.17) is 5.11 Å². The molecule has 1 amide bonds. The zero-order chi connectivity index (χ0) is 11.3. The summed E-state index contributed by atoms with van der Waals surface area (Å²) in [7, 11) is 0. The second kappa shape index (κ2) is 6.07. The minimum Gasteiger partial charge on any atom is -0.392 e. The molecule has 3 nitrogen and oxygen atoms in total. The van der Waals surface area contributed by atoms with Gasteiger partial charge in [-0.15, -0.1) is 0 Å². The van der Waals surface area contributed by atoms with Crippen molar-refractivity contribution in [3.8, 4) is 0 Å². The first-order chi connectivity index (χ1) is 7.08. The SMILES string of the molecule is CC(O)CNC(=O)Cc1ccc(I)cc1. The fourth-order valence-electron chi connectivity index (χ4n) is 1.11. The highest BCUT2D eigenvalue weighted by molar-refractivity contribution is 14.1. The Morgan fingerprint density at radius 2 is 2.07 bits per heavy atom. The van der Waals surface area contributed by atoms with Crippen LogP contribution in [-0.4, -0.2) is 23.7 Å². The minimum atomic E-state index is -0.495. The summed E-state index contributed by atoms with van der Waals surface area (Å²) >= 11 is 2.22. The lowest BCUT2D eigenvalue weighted by Crippen LogP contribution is -2.31. The topological polar surface area (TPSA) is 49.3 Å². The largest absolute Gasteiger partial charge is 0.392 e. The molecular formula is C11H14INO2. The maximum atomic E-state index is 11.4. The summed E-state index contributed by atoms with van der Waals surface area (Å²) in [5.74, 6) is -0.0582. The van der Waals surface area contributed by atoms with Crippen molar-refractivity contribution in [1.29, 1.82) is 0 Å². The Morgan fingerprint density at radius 1 is 1.47 bits per heavy atom. The molecule has 0 aliphatic heterocycles. The van der Waals surface area contributed by atoms with Gasteiger partial charge in [0.15, 0.2) is 0 Å². The van der Waals surface area contributed by atoms with Crippen LogP contribution in [0.3, 0.4) is 0 Å². The van der Waals surface area contributed by atoms with Crippen molar-refractivity contribution in [2.75, 3.05) is 6.54 Å². The van der Waals surface area contributed by atoms with Crippen LogP contribution in [0.25, 0.3) is 0 Å². The molecule has 0 aromatic heterocycles. The third kappa shape index (κ3) is 5.13. The summed E-state index contributed by atoms with van der Waals surface area (Å²) in [5, 5.41) is 11.6. The van der Waals surface area contributed by atoms with Crippen LogP contribution in [0.5, 0.6) is 0 Å². The third-order valence-electron chi connectivity index (χ3n) is 1.87. The fraction of sp³-hybridized carbons (Fsp3) is 0.364. The monoisotopic (exact) mass is 319 g/mol. The Balaban J connectivity index is 2.41. The lowest BCUT2D eigenvalue weighted by atomic mass is 10.1. The molecule has 1 aromatic carbocycles. The number of amides is 1. The first kappa shape index (κ1) is 12.4. The van der Waals surface area contributed by atoms with Crippen molar-refractivity contribution in [2.45, 2.75) is 19.4 Å². The first-order valence-corrected chi connectivity index (χ1v) is 5.85. The Kier molecular flexibility index (Phi) is 5.04. The van der Waals surface area contributed by atoms with Gasteiger partial charge in [-0.05, 0) is 47.2 Å². The molecule has 0 radical (unpaired) electrons. The van der Waals surface area contributed by atoms with Gasteiger partial charge in [0.1, 0.15) is 0 Å². The van der Waals surface area contributed by atoms with Gasteiger partial charge in [0.2, 0.25) is 5.91 Å². The average molecular weight is 319 g/mol. The number of rotatable bonds is 4. The second-order valence-corrected chi connectivity index (χ2v) is 4.70. The van der Waals surface area contributed by atoms with Crippen LogP contribution < -0.4 is 5.32 Å². The maximum absolute atomic E-state index is 11.4. The van der Waals surface area contributed by atoms with E-state index in [1.54, 1.807) is 6.92 Å². The Bertz CT molecular complexity index is 322. The summed E-state index contributed by atoms with van der Waals surface area (Å²) < 4.78 is 1.15. The molecule has 1 unspecified atom stereocenters. The molecule has 15 heavy (non-hydrogen) atoms. The first-order valence-electron chi connectivity index (χ1n) is 4.77. The second-order valence-electron chi connectivity index (χ2n) is 3.46. The van der Waals surface area contributed by atoms with Gasteiger partial charge >= 0.3 is 0 Å². The van der Waals surface area contributed by atoms with Crippen LogP contribution in [0, 0.1) is 3.57 Å². The summed E-state index contributed by atoms with van der Waals surface area (Å²) in [4.78, 5) is 11.4. The van der Waals surface area contributed by atoms with Crippen molar-refractivity contribution < 1.29 is 9.90 Å². The fourth-order valence-corrected chi connectivity index (χ4v) is 1.47. The van der Waals surface area contributed by atoms with Crippen LogP contribution in [0.4, 0.5) is 0 Å². The highest BCUT2D eigenvalue weighted by atomic mass is 127. The average Bonchev–Trinajstić information content (AvgIpc) is 2.19. The van der Waals surface area contributed by atoms with Gasteiger partial charge in [-0.2, -0.15) is 0 Å². The summed E-state index contributed by atoms with van der Waals surface area (Å²) in [6.45, 7) is 1.95. The van der Waals surface area contributed by atoms with Crippen LogP contribution in [0.15, 0.2) is 24.3 Å². The van der Waals surface area contributed by atoms with Crippen LogP contribution in [0.1, 0.15) is 12.5 Å². The van der Waals surface area contributed by atoms with E-state index in [0.717, 1.165) is 9.13 Å². The van der Waals surface area contributed by atoms with E-state index in [9.17, 15) is 4.79 Å². The molecule has 0 saturated carbocycles. The normalized spacial score (nSPS) is 12.2. The number of nitrogens with one attached hydrogen (secondary N) is 1.